The van der Waals surface area contributed by atoms with Crippen molar-refractivity contribution in [2.24, 2.45) is 15.7 Å². The number of rotatable bonds is 4. The van der Waals surface area contributed by atoms with E-state index in [1.807, 2.05) is 0 Å². The minimum atomic E-state index is -0.621. The van der Waals surface area contributed by atoms with Gasteiger partial charge >= 0.3 is 6.09 Å². The molecule has 0 spiro atoms. The average Bonchev–Trinajstić information content (AvgIpc) is 2.30. The van der Waals surface area contributed by atoms with E-state index >= 15 is 0 Å². The SMILES string of the molecule is C=CC(=C)CN(C(=O)OC(C)(C)C)C(N)=NC=NC. The number of carbonyl (C=O) groups is 1. The molecular weight excluding hydrogens is 244 g/mol. The molecule has 6 nitrogen and oxygen atoms in total. The third-order valence-corrected chi connectivity index (χ3v) is 1.85. The fourth-order valence-electron chi connectivity index (χ4n) is 1.01. The zero-order valence-corrected chi connectivity index (χ0v) is 12.0. The molecule has 0 aliphatic rings. The van der Waals surface area contributed by atoms with Crippen LogP contribution in [-0.4, -0.2) is 42.5 Å². The van der Waals surface area contributed by atoms with E-state index in [4.69, 9.17) is 10.5 Å². The predicted molar refractivity (Wildman–Crippen MR) is 78.3 cm³/mol. The Kier molecular flexibility index (Phi) is 6.54. The van der Waals surface area contributed by atoms with Gasteiger partial charge in [-0.25, -0.2) is 14.7 Å². The smallest absolute Gasteiger partial charge is 0.417 e. The first-order valence-corrected chi connectivity index (χ1v) is 5.76. The van der Waals surface area contributed by atoms with Gasteiger partial charge in [0.1, 0.15) is 11.9 Å². The van der Waals surface area contributed by atoms with Crippen molar-refractivity contribution in [1.82, 2.24) is 4.90 Å². The Labute approximate surface area is 114 Å². The third-order valence-electron chi connectivity index (χ3n) is 1.85. The van der Waals surface area contributed by atoms with Gasteiger partial charge in [0, 0.05) is 7.05 Å². The van der Waals surface area contributed by atoms with E-state index in [-0.39, 0.29) is 12.5 Å². The van der Waals surface area contributed by atoms with Crippen LogP contribution in [0, 0.1) is 0 Å². The van der Waals surface area contributed by atoms with Gasteiger partial charge in [0.2, 0.25) is 5.96 Å². The summed E-state index contributed by atoms with van der Waals surface area (Å²) in [5, 5.41) is 0. The topological polar surface area (TPSA) is 80.3 Å². The molecule has 0 aromatic heterocycles. The number of ether oxygens (including phenoxy) is 1. The highest BCUT2D eigenvalue weighted by Gasteiger charge is 2.24. The summed E-state index contributed by atoms with van der Waals surface area (Å²) in [6, 6.07) is 0. The van der Waals surface area contributed by atoms with Crippen LogP contribution < -0.4 is 5.73 Å². The predicted octanol–water partition coefficient (Wildman–Crippen LogP) is 1.94. The lowest BCUT2D eigenvalue weighted by Gasteiger charge is -2.26. The average molecular weight is 266 g/mol. The van der Waals surface area contributed by atoms with Crippen LogP contribution in [0.15, 0.2) is 34.8 Å². The van der Waals surface area contributed by atoms with E-state index in [9.17, 15) is 4.79 Å². The maximum atomic E-state index is 12.0. The summed E-state index contributed by atoms with van der Waals surface area (Å²) in [5.74, 6) is -0.0112. The van der Waals surface area contributed by atoms with Crippen molar-refractivity contribution in [2.75, 3.05) is 13.6 Å². The molecule has 0 aromatic carbocycles. The lowest BCUT2D eigenvalue weighted by Crippen LogP contribution is -2.45. The quantitative estimate of drug-likeness (QED) is 0.479. The molecule has 19 heavy (non-hydrogen) atoms. The van der Waals surface area contributed by atoms with Crippen LogP contribution in [0.1, 0.15) is 20.8 Å². The van der Waals surface area contributed by atoms with Crippen molar-refractivity contribution in [2.45, 2.75) is 26.4 Å². The normalized spacial score (nSPS) is 12.3. The summed E-state index contributed by atoms with van der Waals surface area (Å²) in [6.07, 6.45) is 2.20. The molecule has 0 aliphatic heterocycles. The van der Waals surface area contributed by atoms with Crippen molar-refractivity contribution >= 4 is 18.4 Å². The van der Waals surface area contributed by atoms with Crippen molar-refractivity contribution in [3.8, 4) is 0 Å². The van der Waals surface area contributed by atoms with E-state index in [1.165, 1.54) is 11.2 Å². The second kappa shape index (κ2) is 7.35. The van der Waals surface area contributed by atoms with Gasteiger partial charge in [-0.05, 0) is 26.3 Å². The summed E-state index contributed by atoms with van der Waals surface area (Å²) in [6.45, 7) is 12.8. The fraction of sp³-hybridized carbons (Fsp3) is 0.462. The lowest BCUT2D eigenvalue weighted by atomic mass is 10.2. The molecule has 106 valence electrons. The maximum Gasteiger partial charge on any atom is 0.417 e. The molecule has 1 amide bonds. The first kappa shape index (κ1) is 16.9. The number of hydrogen-bond acceptors (Lipinski definition) is 3. The van der Waals surface area contributed by atoms with Gasteiger partial charge in [0.25, 0.3) is 0 Å². The van der Waals surface area contributed by atoms with E-state index < -0.39 is 11.7 Å². The summed E-state index contributed by atoms with van der Waals surface area (Å²) in [7, 11) is 1.55. The van der Waals surface area contributed by atoms with Crippen molar-refractivity contribution < 1.29 is 9.53 Å². The number of guanidine groups is 1. The van der Waals surface area contributed by atoms with Gasteiger partial charge in [-0.2, -0.15) is 0 Å². The van der Waals surface area contributed by atoms with Crippen LogP contribution in [0.2, 0.25) is 0 Å². The number of amides is 1. The molecule has 2 N–H and O–H groups in total. The second-order valence-corrected chi connectivity index (χ2v) is 4.79. The van der Waals surface area contributed by atoms with Gasteiger partial charge in [-0.15, -0.1) is 0 Å². The number of hydrogen-bond donors (Lipinski definition) is 1. The first-order valence-electron chi connectivity index (χ1n) is 5.76. The molecule has 0 aliphatic carbocycles. The monoisotopic (exact) mass is 266 g/mol. The van der Waals surface area contributed by atoms with Crippen molar-refractivity contribution in [3.63, 3.8) is 0 Å². The molecule has 0 saturated carbocycles. The van der Waals surface area contributed by atoms with E-state index in [0.717, 1.165) is 0 Å². The largest absolute Gasteiger partial charge is 0.443 e. The molecule has 0 fully saturated rings. The highest BCUT2D eigenvalue weighted by molar-refractivity contribution is 5.96. The Morgan fingerprint density at radius 1 is 1.47 bits per heavy atom. The Hall–Kier alpha value is -2.11. The second-order valence-electron chi connectivity index (χ2n) is 4.79. The molecule has 0 heterocycles. The highest BCUT2D eigenvalue weighted by atomic mass is 16.6. The Bertz CT molecular complexity index is 405. The van der Waals surface area contributed by atoms with E-state index in [0.29, 0.717) is 5.57 Å². The number of nitrogens with two attached hydrogens (primary N) is 1. The van der Waals surface area contributed by atoms with Gasteiger partial charge in [-0.1, -0.05) is 19.2 Å². The number of carbonyl (C=O) groups excluding carboxylic acids is 1. The van der Waals surface area contributed by atoms with Crippen LogP contribution in [0.5, 0.6) is 0 Å². The minimum Gasteiger partial charge on any atom is -0.443 e. The number of nitrogens with zero attached hydrogens (tertiary/aromatic N) is 3. The van der Waals surface area contributed by atoms with Crippen LogP contribution in [0.4, 0.5) is 4.79 Å². The van der Waals surface area contributed by atoms with Crippen LogP contribution in [0.3, 0.4) is 0 Å². The van der Waals surface area contributed by atoms with Crippen LogP contribution in [0.25, 0.3) is 0 Å². The highest BCUT2D eigenvalue weighted by Crippen LogP contribution is 2.11. The Morgan fingerprint density at radius 2 is 2.05 bits per heavy atom. The van der Waals surface area contributed by atoms with E-state index in [2.05, 4.69) is 23.1 Å². The molecule has 0 radical (unpaired) electrons. The molecular formula is C13H22N4O2. The Balaban J connectivity index is 5.10. The standard InChI is InChI=1S/C13H22N4O2/c1-7-10(2)8-17(11(14)16-9-15-6)12(18)19-13(3,4)5/h7,9H,1-2,8H2,3-6H3,(H2,14,15,16). The Morgan fingerprint density at radius 3 is 2.47 bits per heavy atom. The van der Waals surface area contributed by atoms with E-state index in [1.54, 1.807) is 33.9 Å². The molecule has 0 atom stereocenters. The fourth-order valence-corrected chi connectivity index (χ4v) is 1.01. The van der Waals surface area contributed by atoms with Gasteiger partial charge in [0.15, 0.2) is 0 Å². The van der Waals surface area contributed by atoms with Crippen molar-refractivity contribution in [3.05, 3.63) is 24.8 Å². The van der Waals surface area contributed by atoms with Gasteiger partial charge < -0.3 is 10.5 Å². The minimum absolute atomic E-state index is 0.0112. The number of aliphatic imine (C=N–C) groups is 2. The zero-order valence-electron chi connectivity index (χ0n) is 12.0. The van der Waals surface area contributed by atoms with Gasteiger partial charge in [-0.3, -0.25) is 4.99 Å². The molecule has 0 saturated heterocycles. The summed E-state index contributed by atoms with van der Waals surface area (Å²) in [5.41, 5.74) is 5.74. The molecule has 6 heteroatoms. The zero-order chi connectivity index (χ0) is 15.1. The summed E-state index contributed by atoms with van der Waals surface area (Å²) >= 11 is 0. The van der Waals surface area contributed by atoms with Crippen LogP contribution in [-0.2, 0) is 4.74 Å². The third kappa shape index (κ3) is 7.03. The van der Waals surface area contributed by atoms with Gasteiger partial charge in [0.05, 0.1) is 6.54 Å². The molecule has 0 rings (SSSR count). The molecule has 0 unspecified atom stereocenters. The van der Waals surface area contributed by atoms with Crippen molar-refractivity contribution in [1.29, 1.82) is 0 Å². The first-order chi connectivity index (χ1) is 8.71. The summed E-state index contributed by atoms with van der Waals surface area (Å²) in [4.78, 5) is 20.7. The van der Waals surface area contributed by atoms with Crippen LogP contribution >= 0.6 is 0 Å². The maximum absolute atomic E-state index is 12.0. The summed E-state index contributed by atoms with van der Waals surface area (Å²) < 4.78 is 5.25. The molecule has 0 bridgehead atoms. The molecule has 0 aromatic rings. The lowest BCUT2D eigenvalue weighted by molar-refractivity contribution is 0.0380.